The smallest absolute Gasteiger partial charge is 0.258 e. The molecule has 2 aromatic carbocycles. The Morgan fingerprint density at radius 2 is 1.90 bits per heavy atom. The fourth-order valence-electron chi connectivity index (χ4n) is 3.55. The molecule has 160 valence electrons. The Morgan fingerprint density at radius 1 is 1.13 bits per heavy atom. The Balaban J connectivity index is 1.55. The number of carbonyl (C=O) groups excluding carboxylic acids is 2. The van der Waals surface area contributed by atoms with Crippen molar-refractivity contribution in [2.24, 2.45) is 0 Å². The van der Waals surface area contributed by atoms with Crippen LogP contribution in [0.25, 0.3) is 5.69 Å². The molecule has 0 radical (unpaired) electrons. The summed E-state index contributed by atoms with van der Waals surface area (Å²) in [4.78, 5) is 27.7. The zero-order valence-corrected chi connectivity index (χ0v) is 18.4. The second-order valence-corrected chi connectivity index (χ2v) is 8.59. The van der Waals surface area contributed by atoms with Gasteiger partial charge in [0.25, 0.3) is 5.91 Å². The molecule has 1 fully saturated rings. The topological polar surface area (TPSA) is 67.2 Å². The highest BCUT2D eigenvalue weighted by Crippen LogP contribution is 2.26. The van der Waals surface area contributed by atoms with Gasteiger partial charge in [0, 0.05) is 11.4 Å². The largest absolute Gasteiger partial charge is 0.324 e. The molecule has 0 spiro atoms. The predicted octanol–water partition coefficient (Wildman–Crippen LogP) is 4.09. The Hall–Kier alpha value is -3.13. The molecule has 4 rings (SSSR count). The molecule has 0 aliphatic carbocycles. The molecular formula is C23H23FN4O2S. The minimum atomic E-state index is -0.588. The highest BCUT2D eigenvalue weighted by atomic mass is 32.2. The van der Waals surface area contributed by atoms with Crippen LogP contribution < -0.4 is 5.32 Å². The van der Waals surface area contributed by atoms with Crippen LogP contribution in [0, 0.1) is 26.6 Å². The number of rotatable bonds is 4. The van der Waals surface area contributed by atoms with Gasteiger partial charge in [-0.05, 0) is 56.2 Å². The van der Waals surface area contributed by atoms with E-state index in [1.54, 1.807) is 30.0 Å². The first-order valence-corrected chi connectivity index (χ1v) is 11.1. The molecule has 0 bridgehead atoms. The van der Waals surface area contributed by atoms with Gasteiger partial charge in [-0.1, -0.05) is 18.2 Å². The number of nitrogens with zero attached hydrogens (tertiary/aromatic N) is 3. The SMILES string of the molecule is Cc1ccc(NC(=O)C2CSCN2C(=O)c2cnn(-c3ccccc3F)c2C)cc1C. The van der Waals surface area contributed by atoms with E-state index in [1.807, 2.05) is 32.0 Å². The van der Waals surface area contributed by atoms with Crippen LogP contribution in [0.15, 0.2) is 48.7 Å². The number of benzene rings is 2. The molecule has 2 heterocycles. The van der Waals surface area contributed by atoms with E-state index in [-0.39, 0.29) is 17.5 Å². The molecule has 0 saturated carbocycles. The fraction of sp³-hybridized carbons (Fsp3) is 0.261. The minimum absolute atomic E-state index is 0.222. The molecule has 1 unspecified atom stereocenters. The van der Waals surface area contributed by atoms with Crippen molar-refractivity contribution < 1.29 is 14.0 Å². The standard InChI is InChI=1S/C23H23FN4O2S/c1-14-8-9-17(10-15(14)2)26-22(29)21-12-31-13-27(21)23(30)18-11-25-28(16(18)3)20-7-5-4-6-19(20)24/h4-11,21H,12-13H2,1-3H3,(H,26,29). The Labute approximate surface area is 184 Å². The summed E-state index contributed by atoms with van der Waals surface area (Å²) in [5.41, 5.74) is 4.10. The minimum Gasteiger partial charge on any atom is -0.324 e. The molecule has 31 heavy (non-hydrogen) atoms. The van der Waals surface area contributed by atoms with Crippen LogP contribution in [0.3, 0.4) is 0 Å². The van der Waals surface area contributed by atoms with Crippen molar-refractivity contribution in [2.75, 3.05) is 16.9 Å². The van der Waals surface area contributed by atoms with Crippen molar-refractivity contribution >= 4 is 29.3 Å². The van der Waals surface area contributed by atoms with Crippen LogP contribution in [0.2, 0.25) is 0 Å². The zero-order chi connectivity index (χ0) is 22.1. The van der Waals surface area contributed by atoms with Gasteiger partial charge in [-0.3, -0.25) is 9.59 Å². The van der Waals surface area contributed by atoms with Crippen LogP contribution in [0.1, 0.15) is 27.2 Å². The summed E-state index contributed by atoms with van der Waals surface area (Å²) in [5.74, 6) is -0.00183. The van der Waals surface area contributed by atoms with Gasteiger partial charge in [0.2, 0.25) is 5.91 Å². The Morgan fingerprint density at radius 3 is 2.65 bits per heavy atom. The van der Waals surface area contributed by atoms with Crippen LogP contribution in [0.4, 0.5) is 10.1 Å². The van der Waals surface area contributed by atoms with Crippen molar-refractivity contribution in [3.63, 3.8) is 0 Å². The molecule has 1 aliphatic rings. The highest BCUT2D eigenvalue weighted by molar-refractivity contribution is 7.99. The summed E-state index contributed by atoms with van der Waals surface area (Å²) in [6.07, 6.45) is 1.44. The van der Waals surface area contributed by atoms with Crippen LogP contribution in [-0.2, 0) is 4.79 Å². The lowest BCUT2D eigenvalue weighted by atomic mass is 10.1. The highest BCUT2D eigenvalue weighted by Gasteiger charge is 2.36. The molecule has 3 aromatic rings. The lowest BCUT2D eigenvalue weighted by Gasteiger charge is -2.23. The second-order valence-electron chi connectivity index (χ2n) is 7.59. The van der Waals surface area contributed by atoms with Gasteiger partial charge >= 0.3 is 0 Å². The molecule has 1 saturated heterocycles. The normalized spacial score (nSPS) is 15.9. The summed E-state index contributed by atoms with van der Waals surface area (Å²) in [5, 5.41) is 7.14. The van der Waals surface area contributed by atoms with Gasteiger partial charge < -0.3 is 10.2 Å². The number of amides is 2. The molecule has 1 atom stereocenters. The quantitative estimate of drug-likeness (QED) is 0.666. The first-order valence-electron chi connectivity index (χ1n) is 9.93. The number of aromatic nitrogens is 2. The Bertz CT molecular complexity index is 1160. The maximum absolute atomic E-state index is 14.2. The monoisotopic (exact) mass is 438 g/mol. The lowest BCUT2D eigenvalue weighted by Crippen LogP contribution is -2.44. The van der Waals surface area contributed by atoms with Crippen LogP contribution in [-0.4, -0.2) is 44.2 Å². The zero-order valence-electron chi connectivity index (χ0n) is 17.6. The van der Waals surface area contributed by atoms with E-state index in [4.69, 9.17) is 0 Å². The summed E-state index contributed by atoms with van der Waals surface area (Å²) in [7, 11) is 0. The third kappa shape index (κ3) is 4.07. The first-order chi connectivity index (χ1) is 14.9. The van der Waals surface area contributed by atoms with E-state index in [2.05, 4.69) is 10.4 Å². The summed E-state index contributed by atoms with van der Waals surface area (Å²) < 4.78 is 15.6. The summed E-state index contributed by atoms with van der Waals surface area (Å²) >= 11 is 1.53. The van der Waals surface area contributed by atoms with Gasteiger partial charge in [0.1, 0.15) is 17.5 Å². The average Bonchev–Trinajstić information content (AvgIpc) is 3.38. The molecule has 1 aliphatic heterocycles. The third-order valence-electron chi connectivity index (χ3n) is 5.54. The predicted molar refractivity (Wildman–Crippen MR) is 120 cm³/mol. The maximum Gasteiger partial charge on any atom is 0.258 e. The number of aryl methyl sites for hydroxylation is 2. The van der Waals surface area contributed by atoms with Gasteiger partial charge in [0.15, 0.2) is 0 Å². The van der Waals surface area contributed by atoms with Crippen LogP contribution in [0.5, 0.6) is 0 Å². The van der Waals surface area contributed by atoms with Crippen molar-refractivity contribution in [3.8, 4) is 5.69 Å². The summed E-state index contributed by atoms with van der Waals surface area (Å²) in [6.45, 7) is 5.72. The molecule has 1 aromatic heterocycles. The number of thioether (sulfide) groups is 1. The van der Waals surface area contributed by atoms with Crippen molar-refractivity contribution in [3.05, 3.63) is 76.9 Å². The average molecular weight is 439 g/mol. The number of carbonyl (C=O) groups is 2. The number of hydrogen-bond acceptors (Lipinski definition) is 4. The third-order valence-corrected chi connectivity index (χ3v) is 6.55. The number of para-hydroxylation sites is 1. The number of anilines is 1. The van der Waals surface area contributed by atoms with Crippen molar-refractivity contribution in [1.29, 1.82) is 0 Å². The molecule has 8 heteroatoms. The van der Waals surface area contributed by atoms with Gasteiger partial charge in [-0.15, -0.1) is 11.8 Å². The number of hydrogen-bond donors (Lipinski definition) is 1. The molecule has 2 amide bonds. The second kappa shape index (κ2) is 8.55. The van der Waals surface area contributed by atoms with E-state index >= 15 is 0 Å². The van der Waals surface area contributed by atoms with E-state index < -0.39 is 11.9 Å². The lowest BCUT2D eigenvalue weighted by molar-refractivity contribution is -0.119. The first kappa shape index (κ1) is 21.1. The molecular weight excluding hydrogens is 415 g/mol. The molecule has 6 nitrogen and oxygen atoms in total. The number of nitrogens with one attached hydrogen (secondary N) is 1. The maximum atomic E-state index is 14.2. The summed E-state index contributed by atoms with van der Waals surface area (Å²) in [6, 6.07) is 11.4. The Kier molecular flexibility index (Phi) is 5.82. The van der Waals surface area contributed by atoms with Gasteiger partial charge in [-0.2, -0.15) is 5.10 Å². The van der Waals surface area contributed by atoms with Crippen molar-refractivity contribution in [2.45, 2.75) is 26.8 Å². The van der Waals surface area contributed by atoms with E-state index in [0.29, 0.717) is 28.6 Å². The number of halogens is 1. The fourth-order valence-corrected chi connectivity index (χ4v) is 4.70. The van der Waals surface area contributed by atoms with Gasteiger partial charge in [-0.25, -0.2) is 9.07 Å². The molecule has 1 N–H and O–H groups in total. The van der Waals surface area contributed by atoms with E-state index in [0.717, 1.165) is 11.1 Å². The van der Waals surface area contributed by atoms with E-state index in [1.165, 1.54) is 28.7 Å². The van der Waals surface area contributed by atoms with Crippen molar-refractivity contribution in [1.82, 2.24) is 14.7 Å². The van der Waals surface area contributed by atoms with Crippen LogP contribution >= 0.6 is 11.8 Å². The van der Waals surface area contributed by atoms with Gasteiger partial charge in [0.05, 0.1) is 23.3 Å². The van der Waals surface area contributed by atoms with E-state index in [9.17, 15) is 14.0 Å².